The maximum atomic E-state index is 4.77. The number of hydrogen-bond donors (Lipinski definition) is 0. The summed E-state index contributed by atoms with van der Waals surface area (Å²) < 4.78 is 2.11. The third-order valence-electron chi connectivity index (χ3n) is 3.95. The summed E-state index contributed by atoms with van der Waals surface area (Å²) in [7, 11) is 0. The third kappa shape index (κ3) is 2.49. The second-order valence-electron chi connectivity index (χ2n) is 5.32. The summed E-state index contributed by atoms with van der Waals surface area (Å²) in [5, 5.41) is 5.63. The molecule has 1 aliphatic rings. The minimum Gasteiger partial charge on any atom is -0.356 e. The first kappa shape index (κ1) is 13.7. The molecule has 4 heteroatoms. The van der Waals surface area contributed by atoms with E-state index in [2.05, 4.69) is 56.7 Å². The Balaban J connectivity index is 2.09. The van der Waals surface area contributed by atoms with E-state index < -0.39 is 0 Å². The van der Waals surface area contributed by atoms with Crippen LogP contribution in [0.4, 0.5) is 5.82 Å². The maximum absolute atomic E-state index is 4.77. The summed E-state index contributed by atoms with van der Waals surface area (Å²) in [6, 6.07) is 10.4. The fourth-order valence-electron chi connectivity index (χ4n) is 2.88. The molecule has 106 valence electrons. The molecule has 0 N–H and O–H groups in total. The monoisotopic (exact) mass is 333 g/mol. The number of piperidine rings is 1. The molecule has 2 heterocycles. The van der Waals surface area contributed by atoms with Crippen molar-refractivity contribution in [1.29, 1.82) is 0 Å². The van der Waals surface area contributed by atoms with Crippen molar-refractivity contribution in [3.8, 4) is 5.69 Å². The molecule has 1 aromatic heterocycles. The minimum absolute atomic E-state index is 0.859. The van der Waals surface area contributed by atoms with Crippen LogP contribution < -0.4 is 4.90 Å². The normalized spacial score (nSPS) is 15.6. The molecule has 0 atom stereocenters. The van der Waals surface area contributed by atoms with Gasteiger partial charge >= 0.3 is 0 Å². The first-order valence-electron chi connectivity index (χ1n) is 7.26. The Kier molecular flexibility index (Phi) is 4.10. The summed E-state index contributed by atoms with van der Waals surface area (Å²) in [6.45, 7) is 4.37. The molecule has 3 nitrogen and oxygen atoms in total. The Morgan fingerprint density at radius 1 is 1.10 bits per heavy atom. The zero-order valence-electron chi connectivity index (χ0n) is 11.8. The Labute approximate surface area is 128 Å². The lowest BCUT2D eigenvalue weighted by Gasteiger charge is -2.30. The molecule has 3 rings (SSSR count). The fraction of sp³-hybridized carbons (Fsp3) is 0.438. The standard InChI is InChI=1S/C16H20BrN3/c1-13-15(12-17)16(19-10-6-3-7-11-19)20(18-13)14-8-4-2-5-9-14/h2,4-5,8-9H,3,6-7,10-12H2,1H3. The molecular formula is C16H20BrN3. The second-order valence-corrected chi connectivity index (χ2v) is 5.88. The average molecular weight is 334 g/mol. The van der Waals surface area contributed by atoms with E-state index in [4.69, 9.17) is 5.10 Å². The van der Waals surface area contributed by atoms with Gasteiger partial charge in [0.1, 0.15) is 5.82 Å². The average Bonchev–Trinajstić information content (AvgIpc) is 2.85. The lowest BCUT2D eigenvalue weighted by atomic mass is 10.1. The zero-order chi connectivity index (χ0) is 13.9. The molecule has 1 saturated heterocycles. The number of aryl methyl sites for hydroxylation is 1. The van der Waals surface area contributed by atoms with E-state index in [1.54, 1.807) is 0 Å². The molecule has 0 saturated carbocycles. The highest BCUT2D eigenvalue weighted by atomic mass is 79.9. The van der Waals surface area contributed by atoms with E-state index in [1.807, 2.05) is 6.07 Å². The van der Waals surface area contributed by atoms with Gasteiger partial charge in [0.15, 0.2) is 0 Å². The molecule has 1 aromatic carbocycles. The molecule has 0 radical (unpaired) electrons. The van der Waals surface area contributed by atoms with Gasteiger partial charge in [0, 0.05) is 24.0 Å². The van der Waals surface area contributed by atoms with E-state index in [1.165, 1.54) is 30.6 Å². The van der Waals surface area contributed by atoms with Crippen molar-refractivity contribution in [3.63, 3.8) is 0 Å². The van der Waals surface area contributed by atoms with Gasteiger partial charge in [0.25, 0.3) is 0 Å². The van der Waals surface area contributed by atoms with Gasteiger partial charge in [-0.15, -0.1) is 0 Å². The van der Waals surface area contributed by atoms with Gasteiger partial charge < -0.3 is 4.90 Å². The summed E-state index contributed by atoms with van der Waals surface area (Å²) in [4.78, 5) is 2.49. The van der Waals surface area contributed by atoms with Crippen LogP contribution in [0.5, 0.6) is 0 Å². The highest BCUT2D eigenvalue weighted by Crippen LogP contribution is 2.30. The Morgan fingerprint density at radius 3 is 2.45 bits per heavy atom. The van der Waals surface area contributed by atoms with Gasteiger partial charge in [-0.05, 0) is 38.3 Å². The molecule has 20 heavy (non-hydrogen) atoms. The van der Waals surface area contributed by atoms with Crippen molar-refractivity contribution in [1.82, 2.24) is 9.78 Å². The second kappa shape index (κ2) is 6.00. The lowest BCUT2D eigenvalue weighted by molar-refractivity contribution is 0.566. The van der Waals surface area contributed by atoms with Crippen LogP contribution in [-0.2, 0) is 5.33 Å². The zero-order valence-corrected chi connectivity index (χ0v) is 13.4. The van der Waals surface area contributed by atoms with Crippen molar-refractivity contribution < 1.29 is 0 Å². The van der Waals surface area contributed by atoms with Crippen LogP contribution in [0.25, 0.3) is 5.69 Å². The van der Waals surface area contributed by atoms with Gasteiger partial charge in [-0.2, -0.15) is 5.10 Å². The van der Waals surface area contributed by atoms with Crippen LogP contribution in [0.1, 0.15) is 30.5 Å². The van der Waals surface area contributed by atoms with E-state index in [0.29, 0.717) is 0 Å². The molecule has 0 spiro atoms. The first-order valence-corrected chi connectivity index (χ1v) is 8.38. The molecule has 0 amide bonds. The van der Waals surface area contributed by atoms with Crippen molar-refractivity contribution in [2.24, 2.45) is 0 Å². The number of para-hydroxylation sites is 1. The Bertz CT molecular complexity index is 571. The predicted octanol–water partition coefficient (Wildman–Crippen LogP) is 4.07. The highest BCUT2D eigenvalue weighted by molar-refractivity contribution is 9.08. The number of aromatic nitrogens is 2. The van der Waals surface area contributed by atoms with Crippen molar-refractivity contribution >= 4 is 21.7 Å². The van der Waals surface area contributed by atoms with Crippen LogP contribution in [0.2, 0.25) is 0 Å². The van der Waals surface area contributed by atoms with E-state index in [9.17, 15) is 0 Å². The van der Waals surface area contributed by atoms with Gasteiger partial charge in [-0.25, -0.2) is 4.68 Å². The summed E-state index contributed by atoms with van der Waals surface area (Å²) in [6.07, 6.45) is 3.90. The smallest absolute Gasteiger partial charge is 0.136 e. The predicted molar refractivity (Wildman–Crippen MR) is 87.0 cm³/mol. The number of halogens is 1. The summed E-state index contributed by atoms with van der Waals surface area (Å²) >= 11 is 3.63. The fourth-order valence-corrected chi connectivity index (χ4v) is 3.54. The van der Waals surface area contributed by atoms with E-state index >= 15 is 0 Å². The van der Waals surface area contributed by atoms with Crippen LogP contribution in [0.3, 0.4) is 0 Å². The van der Waals surface area contributed by atoms with E-state index in [0.717, 1.165) is 29.8 Å². The highest BCUT2D eigenvalue weighted by Gasteiger charge is 2.22. The molecule has 1 fully saturated rings. The largest absolute Gasteiger partial charge is 0.356 e. The molecule has 0 unspecified atom stereocenters. The van der Waals surface area contributed by atoms with Gasteiger partial charge in [-0.3, -0.25) is 0 Å². The van der Waals surface area contributed by atoms with Crippen molar-refractivity contribution in [2.45, 2.75) is 31.5 Å². The molecule has 0 aliphatic carbocycles. The quantitative estimate of drug-likeness (QED) is 0.789. The van der Waals surface area contributed by atoms with Gasteiger partial charge in [0.2, 0.25) is 0 Å². The van der Waals surface area contributed by atoms with Crippen LogP contribution in [0.15, 0.2) is 30.3 Å². The third-order valence-corrected chi connectivity index (χ3v) is 4.51. The summed E-state index contributed by atoms with van der Waals surface area (Å²) in [5.74, 6) is 1.27. The number of rotatable bonds is 3. The number of nitrogens with zero attached hydrogens (tertiary/aromatic N) is 3. The summed E-state index contributed by atoms with van der Waals surface area (Å²) in [5.41, 5.74) is 3.57. The van der Waals surface area contributed by atoms with E-state index in [-0.39, 0.29) is 0 Å². The Hall–Kier alpha value is -1.29. The number of alkyl halides is 1. The Morgan fingerprint density at radius 2 is 1.80 bits per heavy atom. The van der Waals surface area contributed by atoms with Gasteiger partial charge in [-0.1, -0.05) is 34.1 Å². The van der Waals surface area contributed by atoms with Crippen LogP contribution in [0, 0.1) is 6.92 Å². The molecular weight excluding hydrogens is 314 g/mol. The van der Waals surface area contributed by atoms with Crippen LogP contribution in [-0.4, -0.2) is 22.9 Å². The van der Waals surface area contributed by atoms with Gasteiger partial charge in [0.05, 0.1) is 11.4 Å². The number of benzene rings is 1. The number of anilines is 1. The maximum Gasteiger partial charge on any atom is 0.136 e. The topological polar surface area (TPSA) is 21.1 Å². The van der Waals surface area contributed by atoms with Crippen LogP contribution >= 0.6 is 15.9 Å². The molecule has 1 aliphatic heterocycles. The van der Waals surface area contributed by atoms with Crippen molar-refractivity contribution in [3.05, 3.63) is 41.6 Å². The van der Waals surface area contributed by atoms with Crippen molar-refractivity contribution in [2.75, 3.05) is 18.0 Å². The molecule has 2 aromatic rings. The number of hydrogen-bond acceptors (Lipinski definition) is 2. The lowest BCUT2D eigenvalue weighted by Crippen LogP contribution is -2.31. The first-order chi connectivity index (χ1) is 9.81. The minimum atomic E-state index is 0.859. The molecule has 0 bridgehead atoms. The SMILES string of the molecule is Cc1nn(-c2ccccc2)c(N2CCCCC2)c1CBr.